The fraction of sp³-hybridized carbons (Fsp3) is 0.667. The van der Waals surface area contributed by atoms with Crippen LogP contribution in [-0.4, -0.2) is 39.1 Å². The third kappa shape index (κ3) is 1.99. The van der Waals surface area contributed by atoms with E-state index in [1.807, 2.05) is 18.7 Å². The standard InChI is InChI=1S/C12H20N4OS/c1-7-4-5-16(9(7)6-17)12-10(11(13)18)8(2)14-15(12)3/h7,9,17H,4-6H2,1-3H3,(H2,13,18). The highest BCUT2D eigenvalue weighted by Crippen LogP contribution is 2.32. The summed E-state index contributed by atoms with van der Waals surface area (Å²) in [7, 11) is 1.89. The molecule has 1 fully saturated rings. The Morgan fingerprint density at radius 1 is 1.61 bits per heavy atom. The number of hydrogen-bond acceptors (Lipinski definition) is 4. The molecule has 0 radical (unpaired) electrons. The van der Waals surface area contributed by atoms with E-state index in [4.69, 9.17) is 18.0 Å². The molecule has 0 aromatic carbocycles. The first-order valence-corrected chi connectivity index (χ1v) is 6.59. The molecule has 2 rings (SSSR count). The molecular formula is C12H20N4OS. The summed E-state index contributed by atoms with van der Waals surface area (Å²) in [4.78, 5) is 2.55. The number of aromatic nitrogens is 2. The monoisotopic (exact) mass is 268 g/mol. The molecule has 1 aliphatic rings. The minimum Gasteiger partial charge on any atom is -0.394 e. The van der Waals surface area contributed by atoms with E-state index in [0.717, 1.165) is 30.0 Å². The minimum atomic E-state index is 0.118. The van der Waals surface area contributed by atoms with Crippen molar-refractivity contribution in [2.24, 2.45) is 18.7 Å². The molecule has 6 heteroatoms. The zero-order chi connectivity index (χ0) is 13.4. The van der Waals surface area contributed by atoms with Gasteiger partial charge < -0.3 is 15.7 Å². The molecule has 0 bridgehead atoms. The Kier molecular flexibility index (Phi) is 3.59. The highest BCUT2D eigenvalue weighted by Gasteiger charge is 2.34. The first-order chi connectivity index (χ1) is 8.47. The second-order valence-corrected chi connectivity index (χ2v) is 5.42. The van der Waals surface area contributed by atoms with Gasteiger partial charge in [-0.25, -0.2) is 0 Å². The largest absolute Gasteiger partial charge is 0.394 e. The van der Waals surface area contributed by atoms with Crippen molar-refractivity contribution < 1.29 is 5.11 Å². The van der Waals surface area contributed by atoms with Gasteiger partial charge in [0.15, 0.2) is 0 Å². The zero-order valence-electron chi connectivity index (χ0n) is 11.1. The summed E-state index contributed by atoms with van der Waals surface area (Å²) < 4.78 is 1.81. The van der Waals surface area contributed by atoms with Crippen molar-refractivity contribution in [3.8, 4) is 0 Å². The number of aliphatic hydroxyl groups is 1. The van der Waals surface area contributed by atoms with Crippen LogP contribution in [0, 0.1) is 12.8 Å². The van der Waals surface area contributed by atoms with Crippen LogP contribution < -0.4 is 10.6 Å². The first kappa shape index (κ1) is 13.3. The fourth-order valence-electron chi connectivity index (χ4n) is 2.81. The van der Waals surface area contributed by atoms with Crippen molar-refractivity contribution in [3.63, 3.8) is 0 Å². The van der Waals surface area contributed by atoms with E-state index in [1.165, 1.54) is 0 Å². The maximum atomic E-state index is 9.56. The minimum absolute atomic E-state index is 0.118. The lowest BCUT2D eigenvalue weighted by atomic mass is 10.0. The van der Waals surface area contributed by atoms with Crippen LogP contribution in [0.25, 0.3) is 0 Å². The summed E-state index contributed by atoms with van der Waals surface area (Å²) in [5.74, 6) is 1.40. The number of aliphatic hydroxyl groups excluding tert-OH is 1. The van der Waals surface area contributed by atoms with Crippen LogP contribution in [0.1, 0.15) is 24.6 Å². The van der Waals surface area contributed by atoms with Crippen LogP contribution in [0.2, 0.25) is 0 Å². The van der Waals surface area contributed by atoms with Crippen LogP contribution in [0.3, 0.4) is 0 Å². The molecule has 18 heavy (non-hydrogen) atoms. The lowest BCUT2D eigenvalue weighted by Crippen LogP contribution is -2.37. The molecule has 2 heterocycles. The van der Waals surface area contributed by atoms with Crippen molar-refractivity contribution >= 4 is 23.0 Å². The Balaban J connectivity index is 2.48. The van der Waals surface area contributed by atoms with Gasteiger partial charge in [0.25, 0.3) is 0 Å². The normalized spacial score (nSPS) is 23.7. The Morgan fingerprint density at radius 3 is 2.83 bits per heavy atom. The van der Waals surface area contributed by atoms with E-state index >= 15 is 0 Å². The molecule has 1 aromatic heterocycles. The van der Waals surface area contributed by atoms with E-state index in [2.05, 4.69) is 16.9 Å². The Morgan fingerprint density at radius 2 is 2.28 bits per heavy atom. The van der Waals surface area contributed by atoms with Crippen molar-refractivity contribution in [2.45, 2.75) is 26.3 Å². The van der Waals surface area contributed by atoms with Crippen molar-refractivity contribution in [2.75, 3.05) is 18.1 Å². The Hall–Kier alpha value is -1.14. The smallest absolute Gasteiger partial charge is 0.137 e. The van der Waals surface area contributed by atoms with Gasteiger partial charge in [-0.05, 0) is 19.3 Å². The van der Waals surface area contributed by atoms with Gasteiger partial charge in [0.1, 0.15) is 10.8 Å². The molecule has 3 N–H and O–H groups in total. The van der Waals surface area contributed by atoms with Crippen LogP contribution in [-0.2, 0) is 7.05 Å². The van der Waals surface area contributed by atoms with Gasteiger partial charge in [0, 0.05) is 13.6 Å². The summed E-state index contributed by atoms with van der Waals surface area (Å²) in [6.07, 6.45) is 1.06. The maximum Gasteiger partial charge on any atom is 0.137 e. The van der Waals surface area contributed by atoms with Gasteiger partial charge in [-0.2, -0.15) is 5.10 Å². The summed E-state index contributed by atoms with van der Waals surface area (Å²) in [6, 6.07) is 0.118. The second kappa shape index (κ2) is 4.85. The van der Waals surface area contributed by atoms with Crippen LogP contribution >= 0.6 is 12.2 Å². The summed E-state index contributed by atoms with van der Waals surface area (Å²) in [6.45, 7) is 5.11. The summed E-state index contributed by atoms with van der Waals surface area (Å²) >= 11 is 5.13. The molecule has 5 nitrogen and oxygen atoms in total. The molecule has 1 aliphatic heterocycles. The molecule has 0 spiro atoms. The zero-order valence-corrected chi connectivity index (χ0v) is 11.9. The van der Waals surface area contributed by atoms with E-state index < -0.39 is 0 Å². The highest BCUT2D eigenvalue weighted by molar-refractivity contribution is 7.80. The van der Waals surface area contributed by atoms with Crippen molar-refractivity contribution in [1.29, 1.82) is 0 Å². The summed E-state index contributed by atoms with van der Waals surface area (Å²) in [5, 5.41) is 14.0. The number of thiocarbonyl (C=S) groups is 1. The number of rotatable bonds is 3. The van der Waals surface area contributed by atoms with E-state index in [0.29, 0.717) is 10.9 Å². The predicted molar refractivity (Wildman–Crippen MR) is 75.8 cm³/mol. The Bertz CT molecular complexity index is 471. The topological polar surface area (TPSA) is 67.3 Å². The Labute approximate surface area is 113 Å². The van der Waals surface area contributed by atoms with E-state index in [-0.39, 0.29) is 12.6 Å². The molecule has 0 aliphatic carbocycles. The second-order valence-electron chi connectivity index (χ2n) is 4.98. The predicted octanol–water partition coefficient (Wildman–Crippen LogP) is 0.570. The molecule has 1 aromatic rings. The van der Waals surface area contributed by atoms with Crippen LogP contribution in [0.5, 0.6) is 0 Å². The number of aryl methyl sites for hydroxylation is 2. The van der Waals surface area contributed by atoms with Crippen LogP contribution in [0.4, 0.5) is 5.82 Å². The maximum absolute atomic E-state index is 9.56. The number of anilines is 1. The van der Waals surface area contributed by atoms with Gasteiger partial charge in [0.05, 0.1) is 23.9 Å². The molecule has 2 unspecified atom stereocenters. The average molecular weight is 268 g/mol. The quantitative estimate of drug-likeness (QED) is 0.785. The third-order valence-electron chi connectivity index (χ3n) is 3.78. The molecule has 2 atom stereocenters. The molecule has 100 valence electrons. The first-order valence-electron chi connectivity index (χ1n) is 6.18. The number of nitrogens with two attached hydrogens (primary N) is 1. The molecule has 1 saturated heterocycles. The number of nitrogens with zero attached hydrogens (tertiary/aromatic N) is 3. The van der Waals surface area contributed by atoms with E-state index in [9.17, 15) is 5.11 Å². The highest BCUT2D eigenvalue weighted by atomic mass is 32.1. The fourth-order valence-corrected chi connectivity index (χ4v) is 3.05. The third-order valence-corrected chi connectivity index (χ3v) is 3.98. The van der Waals surface area contributed by atoms with Crippen molar-refractivity contribution in [1.82, 2.24) is 9.78 Å². The SMILES string of the molecule is Cc1nn(C)c(N2CCC(C)C2CO)c1C(N)=S. The average Bonchev–Trinajstić information content (AvgIpc) is 2.78. The van der Waals surface area contributed by atoms with Gasteiger partial charge in [-0.3, -0.25) is 4.68 Å². The van der Waals surface area contributed by atoms with E-state index in [1.54, 1.807) is 0 Å². The number of hydrogen-bond donors (Lipinski definition) is 2. The van der Waals surface area contributed by atoms with Crippen LogP contribution in [0.15, 0.2) is 0 Å². The van der Waals surface area contributed by atoms with Gasteiger partial charge in [-0.1, -0.05) is 19.1 Å². The van der Waals surface area contributed by atoms with Gasteiger partial charge in [0.2, 0.25) is 0 Å². The molecular weight excluding hydrogens is 248 g/mol. The molecule has 0 amide bonds. The lowest BCUT2D eigenvalue weighted by molar-refractivity contribution is 0.244. The molecule has 0 saturated carbocycles. The lowest BCUT2D eigenvalue weighted by Gasteiger charge is -2.28. The van der Waals surface area contributed by atoms with Gasteiger partial charge >= 0.3 is 0 Å². The van der Waals surface area contributed by atoms with Crippen molar-refractivity contribution in [3.05, 3.63) is 11.3 Å². The van der Waals surface area contributed by atoms with Gasteiger partial charge in [-0.15, -0.1) is 0 Å². The summed E-state index contributed by atoms with van der Waals surface area (Å²) in [5.41, 5.74) is 7.48.